The average Bonchev–Trinajstić information content (AvgIpc) is 3.01. The standard InChI is InChI=1S/C15H22O/c1-10(2)14-8-7-13(16-12-5-6-12)9-15(14)11(3)4/h7-12H,5-6H2,1-4H3. The number of hydrogen-bond acceptors (Lipinski definition) is 1. The van der Waals surface area contributed by atoms with Crippen molar-refractivity contribution in [2.24, 2.45) is 0 Å². The molecule has 0 atom stereocenters. The van der Waals surface area contributed by atoms with Crippen LogP contribution in [-0.4, -0.2) is 6.10 Å². The van der Waals surface area contributed by atoms with Crippen LogP contribution in [0.2, 0.25) is 0 Å². The van der Waals surface area contributed by atoms with E-state index in [0.29, 0.717) is 17.9 Å². The van der Waals surface area contributed by atoms with Crippen molar-refractivity contribution in [3.05, 3.63) is 29.3 Å². The molecule has 0 bridgehead atoms. The Kier molecular flexibility index (Phi) is 3.22. The molecule has 0 unspecified atom stereocenters. The van der Waals surface area contributed by atoms with Gasteiger partial charge in [-0.15, -0.1) is 0 Å². The fourth-order valence-electron chi connectivity index (χ4n) is 2.03. The lowest BCUT2D eigenvalue weighted by atomic mass is 9.90. The Morgan fingerprint density at radius 2 is 1.62 bits per heavy atom. The molecule has 0 aromatic heterocycles. The van der Waals surface area contributed by atoms with Crippen molar-refractivity contribution in [2.45, 2.75) is 58.5 Å². The van der Waals surface area contributed by atoms with Gasteiger partial charge in [-0.3, -0.25) is 0 Å². The van der Waals surface area contributed by atoms with Crippen LogP contribution in [0.25, 0.3) is 0 Å². The molecule has 0 N–H and O–H groups in total. The van der Waals surface area contributed by atoms with E-state index in [1.54, 1.807) is 0 Å². The highest BCUT2D eigenvalue weighted by molar-refractivity contribution is 5.39. The van der Waals surface area contributed by atoms with Crippen LogP contribution in [0.15, 0.2) is 18.2 Å². The summed E-state index contributed by atoms with van der Waals surface area (Å²) < 4.78 is 5.85. The van der Waals surface area contributed by atoms with Gasteiger partial charge in [0.05, 0.1) is 6.10 Å². The lowest BCUT2D eigenvalue weighted by Gasteiger charge is -2.17. The molecule has 1 saturated carbocycles. The Bertz CT molecular complexity index is 362. The Labute approximate surface area is 98.8 Å². The first-order valence-electron chi connectivity index (χ1n) is 6.38. The highest BCUT2D eigenvalue weighted by atomic mass is 16.5. The minimum absolute atomic E-state index is 0.491. The quantitative estimate of drug-likeness (QED) is 0.724. The summed E-state index contributed by atoms with van der Waals surface area (Å²) in [5, 5.41) is 0. The summed E-state index contributed by atoms with van der Waals surface area (Å²) in [6.07, 6.45) is 2.94. The molecule has 1 heteroatoms. The number of hydrogen-bond donors (Lipinski definition) is 0. The molecular formula is C15H22O. The fourth-order valence-corrected chi connectivity index (χ4v) is 2.03. The third-order valence-electron chi connectivity index (χ3n) is 3.13. The molecule has 1 fully saturated rings. The summed E-state index contributed by atoms with van der Waals surface area (Å²) >= 11 is 0. The third-order valence-corrected chi connectivity index (χ3v) is 3.13. The predicted octanol–water partition coefficient (Wildman–Crippen LogP) is 4.47. The van der Waals surface area contributed by atoms with E-state index in [4.69, 9.17) is 4.74 Å². The van der Waals surface area contributed by atoms with Crippen molar-refractivity contribution < 1.29 is 4.74 Å². The van der Waals surface area contributed by atoms with Gasteiger partial charge in [-0.1, -0.05) is 33.8 Å². The van der Waals surface area contributed by atoms with Crippen molar-refractivity contribution in [1.82, 2.24) is 0 Å². The van der Waals surface area contributed by atoms with Crippen molar-refractivity contribution >= 4 is 0 Å². The molecule has 88 valence electrons. The smallest absolute Gasteiger partial charge is 0.120 e. The first-order chi connectivity index (χ1) is 7.58. The second-order valence-electron chi connectivity index (χ2n) is 5.42. The van der Waals surface area contributed by atoms with Crippen molar-refractivity contribution in [3.8, 4) is 5.75 Å². The summed E-state index contributed by atoms with van der Waals surface area (Å²) in [4.78, 5) is 0. The molecule has 0 saturated heterocycles. The molecule has 0 aliphatic heterocycles. The third kappa shape index (κ3) is 2.58. The van der Waals surface area contributed by atoms with Gasteiger partial charge < -0.3 is 4.74 Å². The van der Waals surface area contributed by atoms with Crippen LogP contribution in [0.3, 0.4) is 0 Å². The van der Waals surface area contributed by atoms with Crippen molar-refractivity contribution in [2.75, 3.05) is 0 Å². The van der Waals surface area contributed by atoms with Gasteiger partial charge in [0, 0.05) is 0 Å². The summed E-state index contributed by atoms with van der Waals surface area (Å²) in [6, 6.07) is 6.59. The molecule has 0 radical (unpaired) electrons. The lowest BCUT2D eigenvalue weighted by Crippen LogP contribution is -2.01. The van der Waals surface area contributed by atoms with Gasteiger partial charge in [-0.25, -0.2) is 0 Å². The van der Waals surface area contributed by atoms with Crippen LogP contribution in [0.4, 0.5) is 0 Å². The van der Waals surface area contributed by atoms with E-state index >= 15 is 0 Å². The SMILES string of the molecule is CC(C)c1ccc(OC2CC2)cc1C(C)C. The van der Waals surface area contributed by atoms with Crippen LogP contribution < -0.4 is 4.74 Å². The molecule has 2 rings (SSSR count). The van der Waals surface area contributed by atoms with E-state index in [2.05, 4.69) is 45.9 Å². The monoisotopic (exact) mass is 218 g/mol. The summed E-state index contributed by atoms with van der Waals surface area (Å²) in [5.74, 6) is 2.21. The van der Waals surface area contributed by atoms with Gasteiger partial charge in [0.15, 0.2) is 0 Å². The normalized spacial score (nSPS) is 15.9. The number of rotatable bonds is 4. The molecule has 0 spiro atoms. The van der Waals surface area contributed by atoms with Crippen LogP contribution >= 0.6 is 0 Å². The van der Waals surface area contributed by atoms with Gasteiger partial charge in [0.2, 0.25) is 0 Å². The summed E-state index contributed by atoms with van der Waals surface area (Å²) in [5.41, 5.74) is 2.89. The van der Waals surface area contributed by atoms with E-state index < -0.39 is 0 Å². The largest absolute Gasteiger partial charge is 0.490 e. The molecule has 16 heavy (non-hydrogen) atoms. The predicted molar refractivity (Wildman–Crippen MR) is 68.3 cm³/mol. The highest BCUT2D eigenvalue weighted by Gasteiger charge is 2.24. The Morgan fingerprint density at radius 1 is 1.00 bits per heavy atom. The van der Waals surface area contributed by atoms with Crippen LogP contribution in [0, 0.1) is 0 Å². The Balaban J connectivity index is 2.26. The maximum absolute atomic E-state index is 5.85. The Morgan fingerprint density at radius 3 is 2.12 bits per heavy atom. The van der Waals surface area contributed by atoms with Gasteiger partial charge in [0.1, 0.15) is 5.75 Å². The zero-order valence-corrected chi connectivity index (χ0v) is 10.8. The Hall–Kier alpha value is -0.980. The molecule has 1 aromatic rings. The van der Waals surface area contributed by atoms with E-state index in [-0.39, 0.29) is 0 Å². The molecule has 1 nitrogen and oxygen atoms in total. The van der Waals surface area contributed by atoms with Crippen LogP contribution in [-0.2, 0) is 0 Å². The van der Waals surface area contributed by atoms with Gasteiger partial charge in [-0.05, 0) is 47.9 Å². The zero-order chi connectivity index (χ0) is 11.7. The first-order valence-corrected chi connectivity index (χ1v) is 6.38. The average molecular weight is 218 g/mol. The van der Waals surface area contributed by atoms with Gasteiger partial charge in [-0.2, -0.15) is 0 Å². The molecular weight excluding hydrogens is 196 g/mol. The number of benzene rings is 1. The molecule has 0 heterocycles. The van der Waals surface area contributed by atoms with E-state index in [1.807, 2.05) is 0 Å². The summed E-state index contributed by atoms with van der Waals surface area (Å²) in [7, 11) is 0. The zero-order valence-electron chi connectivity index (χ0n) is 10.8. The maximum Gasteiger partial charge on any atom is 0.120 e. The minimum Gasteiger partial charge on any atom is -0.490 e. The van der Waals surface area contributed by atoms with Crippen LogP contribution in [0.1, 0.15) is 63.5 Å². The van der Waals surface area contributed by atoms with Crippen molar-refractivity contribution in [3.63, 3.8) is 0 Å². The molecule has 0 amide bonds. The molecule has 1 aliphatic rings. The molecule has 1 aliphatic carbocycles. The van der Waals surface area contributed by atoms with E-state index in [1.165, 1.54) is 24.0 Å². The molecule has 1 aromatic carbocycles. The first kappa shape index (κ1) is 11.5. The minimum atomic E-state index is 0.491. The van der Waals surface area contributed by atoms with E-state index in [0.717, 1.165) is 5.75 Å². The lowest BCUT2D eigenvalue weighted by molar-refractivity contribution is 0.302. The second kappa shape index (κ2) is 4.48. The topological polar surface area (TPSA) is 9.23 Å². The second-order valence-corrected chi connectivity index (χ2v) is 5.42. The van der Waals surface area contributed by atoms with E-state index in [9.17, 15) is 0 Å². The fraction of sp³-hybridized carbons (Fsp3) is 0.600. The number of ether oxygens (including phenoxy) is 1. The summed E-state index contributed by atoms with van der Waals surface area (Å²) in [6.45, 7) is 9.01. The van der Waals surface area contributed by atoms with Crippen molar-refractivity contribution in [1.29, 1.82) is 0 Å². The maximum atomic E-state index is 5.85. The highest BCUT2D eigenvalue weighted by Crippen LogP contribution is 2.32. The van der Waals surface area contributed by atoms with Crippen LogP contribution in [0.5, 0.6) is 5.75 Å². The van der Waals surface area contributed by atoms with Gasteiger partial charge >= 0.3 is 0 Å². The van der Waals surface area contributed by atoms with Gasteiger partial charge in [0.25, 0.3) is 0 Å².